The molecular formula is C70H44N6O2Si2. The van der Waals surface area contributed by atoms with Crippen molar-refractivity contribution in [1.82, 2.24) is 19.9 Å². The highest BCUT2D eigenvalue weighted by atomic mass is 28.3. The molecule has 374 valence electrons. The largest absolute Gasteiger partial charge is 0.453 e. The molecule has 17 rings (SSSR count). The molecular weight excluding hydrogens is 1010 g/mol. The van der Waals surface area contributed by atoms with Crippen molar-refractivity contribution in [2.45, 2.75) is 0 Å². The quantitative estimate of drug-likeness (QED) is 0.120. The lowest BCUT2D eigenvalue weighted by atomic mass is 10.00. The van der Waals surface area contributed by atoms with Gasteiger partial charge in [-0.25, -0.2) is 0 Å². The first-order valence-corrected chi connectivity index (χ1v) is 30.9. The van der Waals surface area contributed by atoms with Crippen molar-refractivity contribution < 1.29 is 9.47 Å². The summed E-state index contributed by atoms with van der Waals surface area (Å²) in [5.41, 5.74) is 10.9. The molecule has 0 bridgehead atoms. The zero-order chi connectivity index (χ0) is 52.5. The van der Waals surface area contributed by atoms with Crippen LogP contribution in [0.5, 0.6) is 23.0 Å². The topological polar surface area (TPSA) is 76.5 Å². The van der Waals surface area contributed by atoms with Crippen LogP contribution < -0.4 is 60.8 Å². The van der Waals surface area contributed by atoms with Crippen molar-refractivity contribution >= 4 is 113 Å². The Hall–Kier alpha value is -10.3. The number of fused-ring (bicyclic) bond motifs is 12. The predicted molar refractivity (Wildman–Crippen MR) is 327 cm³/mol. The molecule has 0 atom stereocenters. The molecule has 0 radical (unpaired) electrons. The van der Waals surface area contributed by atoms with Crippen LogP contribution in [0.2, 0.25) is 0 Å². The average Bonchev–Trinajstić information content (AvgIpc) is 4.20. The highest BCUT2D eigenvalue weighted by molar-refractivity contribution is 7.23. The van der Waals surface area contributed by atoms with Crippen LogP contribution in [0.1, 0.15) is 0 Å². The van der Waals surface area contributed by atoms with Crippen molar-refractivity contribution in [3.8, 4) is 45.3 Å². The van der Waals surface area contributed by atoms with Crippen LogP contribution in [0.4, 0.5) is 34.1 Å². The van der Waals surface area contributed by atoms with Gasteiger partial charge in [0.1, 0.15) is 0 Å². The third-order valence-corrected chi connectivity index (χ3v) is 26.6. The molecule has 4 aromatic heterocycles. The molecule has 9 aromatic carbocycles. The SMILES string of the molecule is c1cncc([Si]2(c3cccnc3)c3ccccc3-c3cc4c(cc32)N(c2ccc3cc5cc(N6c7ccccc7Oc7cc8c(cc76)[Si](c6cccnc6)(c6cccnc6)c6ccccc6-8)ccc5cc3c2)c2ccccc2O4)c1. The number of nitrogens with zero attached hydrogens (tertiary/aromatic N) is 6. The molecule has 80 heavy (non-hydrogen) atoms. The van der Waals surface area contributed by atoms with Gasteiger partial charge < -0.3 is 19.3 Å². The molecule has 0 aliphatic carbocycles. The maximum absolute atomic E-state index is 6.92. The van der Waals surface area contributed by atoms with Crippen molar-refractivity contribution in [3.63, 3.8) is 0 Å². The molecule has 10 heteroatoms. The molecule has 8 nitrogen and oxygen atoms in total. The smallest absolute Gasteiger partial charge is 0.184 e. The van der Waals surface area contributed by atoms with E-state index in [9.17, 15) is 0 Å². The van der Waals surface area contributed by atoms with Gasteiger partial charge in [0.25, 0.3) is 0 Å². The third kappa shape index (κ3) is 6.25. The number of hydrogen-bond acceptors (Lipinski definition) is 8. The minimum atomic E-state index is -2.91. The summed E-state index contributed by atoms with van der Waals surface area (Å²) in [6.07, 6.45) is 15.7. The second-order valence-corrected chi connectivity index (χ2v) is 28.5. The van der Waals surface area contributed by atoms with Gasteiger partial charge in [0, 0.05) is 60.9 Å². The maximum atomic E-state index is 6.92. The van der Waals surface area contributed by atoms with E-state index in [0.717, 1.165) is 78.7 Å². The van der Waals surface area contributed by atoms with Crippen LogP contribution in [0.3, 0.4) is 0 Å². The molecule has 4 aliphatic heterocycles. The molecule has 0 unspecified atom stereocenters. The second kappa shape index (κ2) is 17.1. The van der Waals surface area contributed by atoms with Gasteiger partial charge in [0.2, 0.25) is 0 Å². The Morgan fingerprint density at radius 2 is 0.662 bits per heavy atom. The lowest BCUT2D eigenvalue weighted by Gasteiger charge is -2.35. The number of hydrogen-bond donors (Lipinski definition) is 0. The lowest BCUT2D eigenvalue weighted by Crippen LogP contribution is -2.73. The van der Waals surface area contributed by atoms with Gasteiger partial charge in [0.05, 0.1) is 22.7 Å². The zero-order valence-corrected chi connectivity index (χ0v) is 44.9. The molecule has 13 aromatic rings. The Labute approximate surface area is 463 Å². The van der Waals surface area contributed by atoms with Crippen molar-refractivity contribution in [2.24, 2.45) is 0 Å². The fourth-order valence-corrected chi connectivity index (χ4v) is 23.8. The van der Waals surface area contributed by atoms with Crippen LogP contribution in [-0.4, -0.2) is 36.1 Å². The normalized spacial score (nSPS) is 14.3. The van der Waals surface area contributed by atoms with Gasteiger partial charge in [-0.2, -0.15) is 0 Å². The summed E-state index contributed by atoms with van der Waals surface area (Å²) in [6.45, 7) is 0. The molecule has 0 saturated carbocycles. The van der Waals surface area contributed by atoms with E-state index >= 15 is 0 Å². The van der Waals surface area contributed by atoms with E-state index in [1.165, 1.54) is 63.7 Å². The van der Waals surface area contributed by atoms with Crippen molar-refractivity contribution in [3.05, 3.63) is 268 Å². The predicted octanol–water partition coefficient (Wildman–Crippen LogP) is 11.4. The van der Waals surface area contributed by atoms with Crippen molar-refractivity contribution in [1.29, 1.82) is 0 Å². The first-order valence-electron chi connectivity index (χ1n) is 26.9. The molecule has 0 spiro atoms. The van der Waals surface area contributed by atoms with E-state index in [1.54, 1.807) is 0 Å². The number of para-hydroxylation sites is 4. The lowest BCUT2D eigenvalue weighted by molar-refractivity contribution is 0.477. The summed E-state index contributed by atoms with van der Waals surface area (Å²) < 4.78 is 13.8. The number of anilines is 6. The summed E-state index contributed by atoms with van der Waals surface area (Å²) in [6, 6.07) is 79.5. The van der Waals surface area contributed by atoms with Crippen LogP contribution in [0.25, 0.3) is 43.8 Å². The zero-order valence-electron chi connectivity index (χ0n) is 42.9. The number of rotatable bonds is 6. The second-order valence-electron chi connectivity index (χ2n) is 21.0. The van der Waals surface area contributed by atoms with E-state index in [2.05, 4.69) is 241 Å². The van der Waals surface area contributed by atoms with Crippen LogP contribution in [0.15, 0.2) is 268 Å². The summed E-state index contributed by atoms with van der Waals surface area (Å²) in [7, 11) is -5.82. The number of benzene rings is 9. The highest BCUT2D eigenvalue weighted by Crippen LogP contribution is 2.54. The van der Waals surface area contributed by atoms with Gasteiger partial charge in [-0.1, -0.05) is 109 Å². The highest BCUT2D eigenvalue weighted by Gasteiger charge is 2.52. The maximum Gasteiger partial charge on any atom is 0.184 e. The Kier molecular flexibility index (Phi) is 9.59. The third-order valence-electron chi connectivity index (χ3n) is 17.0. The van der Waals surface area contributed by atoms with Gasteiger partial charge in [0.15, 0.2) is 39.1 Å². The van der Waals surface area contributed by atoms with Crippen LogP contribution >= 0.6 is 0 Å². The fourth-order valence-electron chi connectivity index (χ4n) is 13.8. The summed E-state index contributed by atoms with van der Waals surface area (Å²) >= 11 is 0. The number of ether oxygens (including phenoxy) is 2. The van der Waals surface area contributed by atoms with Gasteiger partial charge in [-0.15, -0.1) is 0 Å². The van der Waals surface area contributed by atoms with E-state index in [4.69, 9.17) is 29.4 Å². The van der Waals surface area contributed by atoms with E-state index in [1.807, 2.05) is 36.9 Å². The standard InChI is InChI=1S/C70H44N6O2Si2/c1-7-23-67-55(17-1)57-37-65-61(39-69(57)79(67,51-13-9-29-71-41-51)52-14-10-30-72-42-52)75(59-19-3-5-21-63(59)77-65)49-27-25-45-34-48-36-50(28-26-46(48)33-47(45)35-49)76-60-20-4-6-22-64(60)78-66-38-58-56-18-2-8-24-68(56)80(70(58)40-62(66)76,53-15-11-31-73-43-53)54-16-12-32-74-44-54/h1-44H. The van der Waals surface area contributed by atoms with Crippen LogP contribution in [-0.2, 0) is 0 Å². The minimum Gasteiger partial charge on any atom is -0.453 e. The fraction of sp³-hybridized carbons (Fsp3) is 0. The molecule has 0 amide bonds. The monoisotopic (exact) mass is 1060 g/mol. The average molecular weight is 1060 g/mol. The van der Waals surface area contributed by atoms with E-state index in [0.29, 0.717) is 0 Å². The molecule has 0 fully saturated rings. The van der Waals surface area contributed by atoms with Gasteiger partial charge >= 0.3 is 0 Å². The number of aromatic nitrogens is 4. The minimum absolute atomic E-state index is 0.809. The summed E-state index contributed by atoms with van der Waals surface area (Å²) in [5.74, 6) is 3.24. The van der Waals surface area contributed by atoms with Crippen LogP contribution in [0, 0.1) is 0 Å². The van der Waals surface area contributed by atoms with Gasteiger partial charge in [-0.3, -0.25) is 19.9 Å². The Morgan fingerprint density at radius 3 is 1.06 bits per heavy atom. The molecule has 8 heterocycles. The van der Waals surface area contributed by atoms with E-state index < -0.39 is 16.1 Å². The summed E-state index contributed by atoms with van der Waals surface area (Å²) in [5, 5.41) is 14.6. The summed E-state index contributed by atoms with van der Waals surface area (Å²) in [4.78, 5) is 23.7. The molecule has 0 N–H and O–H groups in total. The van der Waals surface area contributed by atoms with E-state index in [-0.39, 0.29) is 0 Å². The van der Waals surface area contributed by atoms with Crippen molar-refractivity contribution in [2.75, 3.05) is 9.80 Å². The number of pyridine rings is 4. The first-order chi connectivity index (χ1) is 39.6. The molecule has 4 aliphatic rings. The first kappa shape index (κ1) is 44.8. The Balaban J connectivity index is 0.813. The molecule has 0 saturated heterocycles. The Bertz CT molecular complexity index is 4320. The Morgan fingerprint density at radius 1 is 0.275 bits per heavy atom. The van der Waals surface area contributed by atoms with Gasteiger partial charge in [-0.05, 0) is 194 Å².